The molecule has 0 spiro atoms. The van der Waals surface area contributed by atoms with Gasteiger partial charge in [0.15, 0.2) is 0 Å². The van der Waals surface area contributed by atoms with Crippen molar-refractivity contribution >= 4 is 5.91 Å². The molecule has 0 aliphatic carbocycles. The molecule has 2 heterocycles. The molecule has 1 aromatic heterocycles. The van der Waals surface area contributed by atoms with Crippen LogP contribution >= 0.6 is 0 Å². The minimum absolute atomic E-state index is 0.0580. The molecule has 128 valence electrons. The van der Waals surface area contributed by atoms with Gasteiger partial charge in [0.1, 0.15) is 12.3 Å². The van der Waals surface area contributed by atoms with Gasteiger partial charge in [0.05, 0.1) is 12.8 Å². The van der Waals surface area contributed by atoms with E-state index in [-0.39, 0.29) is 12.5 Å². The maximum absolute atomic E-state index is 12.1. The summed E-state index contributed by atoms with van der Waals surface area (Å²) in [5.41, 5.74) is 2.03. The van der Waals surface area contributed by atoms with Crippen molar-refractivity contribution < 1.29 is 9.53 Å². The van der Waals surface area contributed by atoms with E-state index < -0.39 is 0 Å². The lowest BCUT2D eigenvalue weighted by atomic mass is 9.97. The third-order valence-corrected chi connectivity index (χ3v) is 4.35. The molecule has 1 fully saturated rings. The van der Waals surface area contributed by atoms with Gasteiger partial charge >= 0.3 is 0 Å². The second-order valence-corrected chi connectivity index (χ2v) is 6.07. The first-order valence-electron chi connectivity index (χ1n) is 8.39. The summed E-state index contributed by atoms with van der Waals surface area (Å²) >= 11 is 0. The zero-order valence-electron chi connectivity index (χ0n) is 14.0. The monoisotopic (exact) mass is 328 g/mol. The Morgan fingerprint density at radius 3 is 3.08 bits per heavy atom. The summed E-state index contributed by atoms with van der Waals surface area (Å²) in [6.45, 7) is 2.73. The number of piperidine rings is 1. The van der Waals surface area contributed by atoms with E-state index in [4.69, 9.17) is 4.74 Å². The normalized spacial score (nSPS) is 17.5. The highest BCUT2D eigenvalue weighted by Gasteiger charge is 2.17. The SMILES string of the molecule is COc1ccccc1CNC(=O)Cn1ccc([C@H]2CCCNC2)n1. The zero-order chi connectivity index (χ0) is 16.8. The van der Waals surface area contributed by atoms with Gasteiger partial charge in [0.2, 0.25) is 5.91 Å². The number of carbonyl (C=O) groups excluding carboxylic acids is 1. The van der Waals surface area contributed by atoms with Gasteiger partial charge in [0, 0.05) is 30.8 Å². The first kappa shape index (κ1) is 16.5. The van der Waals surface area contributed by atoms with Crippen molar-refractivity contribution in [3.05, 3.63) is 47.8 Å². The number of methoxy groups -OCH3 is 1. The number of carbonyl (C=O) groups is 1. The van der Waals surface area contributed by atoms with Crippen molar-refractivity contribution in [3.8, 4) is 5.75 Å². The quantitative estimate of drug-likeness (QED) is 0.846. The fourth-order valence-corrected chi connectivity index (χ4v) is 3.03. The van der Waals surface area contributed by atoms with Crippen LogP contribution in [0.25, 0.3) is 0 Å². The summed E-state index contributed by atoms with van der Waals surface area (Å²) in [5.74, 6) is 1.18. The van der Waals surface area contributed by atoms with E-state index >= 15 is 0 Å². The number of aromatic nitrogens is 2. The van der Waals surface area contributed by atoms with E-state index in [1.807, 2.05) is 36.5 Å². The third kappa shape index (κ3) is 4.14. The molecule has 2 aromatic rings. The minimum atomic E-state index is -0.0580. The molecule has 3 rings (SSSR count). The molecule has 1 saturated heterocycles. The fourth-order valence-electron chi connectivity index (χ4n) is 3.03. The van der Waals surface area contributed by atoms with Gasteiger partial charge in [-0.25, -0.2) is 0 Å². The lowest BCUT2D eigenvalue weighted by Gasteiger charge is -2.20. The summed E-state index contributed by atoms with van der Waals surface area (Å²) in [4.78, 5) is 12.1. The van der Waals surface area contributed by atoms with Crippen LogP contribution in [-0.2, 0) is 17.9 Å². The van der Waals surface area contributed by atoms with Gasteiger partial charge in [-0.3, -0.25) is 9.48 Å². The molecule has 0 saturated carbocycles. The number of hydrogen-bond acceptors (Lipinski definition) is 4. The van der Waals surface area contributed by atoms with Gasteiger partial charge < -0.3 is 15.4 Å². The molecule has 6 nitrogen and oxygen atoms in total. The van der Waals surface area contributed by atoms with Crippen LogP contribution in [0.3, 0.4) is 0 Å². The Bertz CT molecular complexity index is 677. The van der Waals surface area contributed by atoms with Crippen LogP contribution in [0.5, 0.6) is 5.75 Å². The highest BCUT2D eigenvalue weighted by Crippen LogP contribution is 2.21. The van der Waals surface area contributed by atoms with E-state index in [0.29, 0.717) is 12.5 Å². The number of ether oxygens (including phenoxy) is 1. The molecule has 6 heteroatoms. The predicted molar refractivity (Wildman–Crippen MR) is 91.9 cm³/mol. The Morgan fingerprint density at radius 1 is 1.42 bits per heavy atom. The van der Waals surface area contributed by atoms with Gasteiger partial charge in [-0.15, -0.1) is 0 Å². The van der Waals surface area contributed by atoms with Crippen LogP contribution < -0.4 is 15.4 Å². The predicted octanol–water partition coefficient (Wildman–Crippen LogP) is 1.68. The summed E-state index contributed by atoms with van der Waals surface area (Å²) in [7, 11) is 1.63. The zero-order valence-corrected chi connectivity index (χ0v) is 14.0. The van der Waals surface area contributed by atoms with Gasteiger partial charge in [0.25, 0.3) is 0 Å². The Labute approximate surface area is 142 Å². The largest absolute Gasteiger partial charge is 0.496 e. The summed E-state index contributed by atoms with van der Waals surface area (Å²) in [5, 5.41) is 10.9. The van der Waals surface area contributed by atoms with E-state index in [2.05, 4.69) is 15.7 Å². The van der Waals surface area contributed by atoms with Crippen LogP contribution in [0.2, 0.25) is 0 Å². The standard InChI is InChI=1S/C18H24N4O2/c1-24-17-7-3-2-5-15(17)12-20-18(23)13-22-10-8-16(21-22)14-6-4-9-19-11-14/h2-3,5,7-8,10,14,19H,4,6,9,11-13H2,1H3,(H,20,23)/t14-/m0/s1. The Kier molecular flexibility index (Phi) is 5.48. The van der Waals surface area contributed by atoms with Crippen molar-refractivity contribution in [2.24, 2.45) is 0 Å². The molecular formula is C18H24N4O2. The number of amides is 1. The van der Waals surface area contributed by atoms with E-state index in [0.717, 1.165) is 36.5 Å². The minimum Gasteiger partial charge on any atom is -0.496 e. The van der Waals surface area contributed by atoms with Gasteiger partial charge in [-0.1, -0.05) is 18.2 Å². The van der Waals surface area contributed by atoms with Crippen molar-refractivity contribution in [1.29, 1.82) is 0 Å². The molecule has 1 aliphatic rings. The van der Waals surface area contributed by atoms with E-state index in [1.165, 1.54) is 6.42 Å². The lowest BCUT2D eigenvalue weighted by Crippen LogP contribution is -2.29. The summed E-state index contributed by atoms with van der Waals surface area (Å²) in [6.07, 6.45) is 4.22. The molecule has 2 N–H and O–H groups in total. The average Bonchev–Trinajstić information content (AvgIpc) is 3.09. The lowest BCUT2D eigenvalue weighted by molar-refractivity contribution is -0.122. The van der Waals surface area contributed by atoms with E-state index in [9.17, 15) is 4.79 Å². The average molecular weight is 328 g/mol. The number of para-hydroxylation sites is 1. The Balaban J connectivity index is 1.52. The molecule has 1 amide bonds. The molecule has 0 radical (unpaired) electrons. The first-order valence-corrected chi connectivity index (χ1v) is 8.39. The highest BCUT2D eigenvalue weighted by molar-refractivity contribution is 5.75. The molecular weight excluding hydrogens is 304 g/mol. The van der Waals surface area contributed by atoms with E-state index in [1.54, 1.807) is 11.8 Å². The van der Waals surface area contributed by atoms with Crippen molar-refractivity contribution in [2.75, 3.05) is 20.2 Å². The van der Waals surface area contributed by atoms with Crippen molar-refractivity contribution in [2.45, 2.75) is 31.8 Å². The van der Waals surface area contributed by atoms with Gasteiger partial charge in [-0.2, -0.15) is 5.10 Å². The Hall–Kier alpha value is -2.34. The molecule has 1 aromatic carbocycles. The van der Waals surface area contributed by atoms with Crippen LogP contribution in [0, 0.1) is 0 Å². The second-order valence-electron chi connectivity index (χ2n) is 6.07. The second kappa shape index (κ2) is 7.97. The van der Waals surface area contributed by atoms with Crippen molar-refractivity contribution in [1.82, 2.24) is 20.4 Å². The molecule has 1 aliphatic heterocycles. The summed E-state index contributed by atoms with van der Waals surface area (Å²) < 4.78 is 7.00. The molecule has 1 atom stereocenters. The van der Waals surface area contributed by atoms with Gasteiger partial charge in [-0.05, 0) is 31.5 Å². The fraction of sp³-hybridized carbons (Fsp3) is 0.444. The number of rotatable bonds is 6. The number of nitrogens with zero attached hydrogens (tertiary/aromatic N) is 2. The summed E-state index contributed by atoms with van der Waals surface area (Å²) in [6, 6.07) is 9.70. The number of hydrogen-bond donors (Lipinski definition) is 2. The third-order valence-electron chi connectivity index (χ3n) is 4.35. The van der Waals surface area contributed by atoms with Crippen LogP contribution in [-0.4, -0.2) is 35.9 Å². The topological polar surface area (TPSA) is 68.2 Å². The maximum atomic E-state index is 12.1. The molecule has 24 heavy (non-hydrogen) atoms. The number of benzene rings is 1. The highest BCUT2D eigenvalue weighted by atomic mass is 16.5. The van der Waals surface area contributed by atoms with Crippen LogP contribution in [0.15, 0.2) is 36.5 Å². The van der Waals surface area contributed by atoms with Crippen LogP contribution in [0.4, 0.5) is 0 Å². The molecule has 0 bridgehead atoms. The molecule has 0 unspecified atom stereocenters. The first-order chi connectivity index (χ1) is 11.8. The maximum Gasteiger partial charge on any atom is 0.241 e. The Morgan fingerprint density at radius 2 is 2.29 bits per heavy atom. The number of nitrogens with one attached hydrogen (secondary N) is 2. The van der Waals surface area contributed by atoms with Crippen LogP contribution in [0.1, 0.15) is 30.0 Å². The van der Waals surface area contributed by atoms with Crippen molar-refractivity contribution in [3.63, 3.8) is 0 Å². The smallest absolute Gasteiger partial charge is 0.241 e.